The maximum Gasteiger partial charge on any atom is 0.338 e. The molecule has 2 heterocycles. The first-order chi connectivity index (χ1) is 14.5. The summed E-state index contributed by atoms with van der Waals surface area (Å²) in [7, 11) is 2.99. The number of carbonyl (C=O) groups is 2. The van der Waals surface area contributed by atoms with Crippen LogP contribution in [-0.2, 0) is 14.3 Å². The van der Waals surface area contributed by atoms with Gasteiger partial charge in [0.05, 0.1) is 38.0 Å². The van der Waals surface area contributed by atoms with Gasteiger partial charge in [0.2, 0.25) is 5.91 Å². The molecule has 2 aliphatic heterocycles. The highest BCUT2D eigenvalue weighted by Gasteiger charge is 2.41. The van der Waals surface area contributed by atoms with Crippen LogP contribution in [0.25, 0.3) is 0 Å². The number of carbonyl (C=O) groups excluding carboxylic acids is 2. The van der Waals surface area contributed by atoms with Crippen LogP contribution >= 0.6 is 11.8 Å². The number of allylic oxidation sites excluding steroid dienone is 1. The second-order valence-electron chi connectivity index (χ2n) is 7.39. The van der Waals surface area contributed by atoms with Crippen molar-refractivity contribution in [1.29, 1.82) is 0 Å². The Hall–Kier alpha value is -2.74. The van der Waals surface area contributed by atoms with Crippen molar-refractivity contribution in [2.45, 2.75) is 44.7 Å². The molecule has 0 radical (unpaired) electrons. The van der Waals surface area contributed by atoms with E-state index in [1.54, 1.807) is 7.11 Å². The van der Waals surface area contributed by atoms with Crippen LogP contribution in [0.2, 0.25) is 0 Å². The number of benzene rings is 1. The van der Waals surface area contributed by atoms with E-state index >= 15 is 0 Å². The van der Waals surface area contributed by atoms with Gasteiger partial charge in [-0.3, -0.25) is 4.79 Å². The van der Waals surface area contributed by atoms with Crippen LogP contribution < -0.4 is 10.1 Å². The van der Waals surface area contributed by atoms with Crippen LogP contribution in [0.5, 0.6) is 5.75 Å². The number of nitrogens with zero attached hydrogens (tertiary/aromatic N) is 2. The van der Waals surface area contributed by atoms with E-state index in [4.69, 9.17) is 14.5 Å². The number of amides is 1. The summed E-state index contributed by atoms with van der Waals surface area (Å²) in [5.74, 6) is 0.267. The maximum absolute atomic E-state index is 12.8. The lowest BCUT2D eigenvalue weighted by Gasteiger charge is -2.36. The zero-order valence-electron chi connectivity index (χ0n) is 17.3. The molecule has 7 nitrogen and oxygen atoms in total. The summed E-state index contributed by atoms with van der Waals surface area (Å²) >= 11 is 1.48. The van der Waals surface area contributed by atoms with Gasteiger partial charge in [-0.25, -0.2) is 9.79 Å². The Morgan fingerprint density at radius 1 is 1.30 bits per heavy atom. The second kappa shape index (κ2) is 8.55. The standard InChI is InChI=1S/C22H25N3O4S/c1-4-17-19(21(27)29-3)20(13-6-5-7-16(10-13)28-2)25-15(12-30-22(25)24-17)11-18(26)23-14-8-9-14/h5-7,10,12,14,20H,4,8-9,11H2,1-3H3,(H,23,26)/t20-/m0/s1. The molecule has 0 saturated heterocycles. The summed E-state index contributed by atoms with van der Waals surface area (Å²) in [5.41, 5.74) is 2.89. The van der Waals surface area contributed by atoms with Crippen molar-refractivity contribution in [3.05, 3.63) is 52.2 Å². The first kappa shape index (κ1) is 20.5. The van der Waals surface area contributed by atoms with E-state index in [9.17, 15) is 9.59 Å². The highest BCUT2D eigenvalue weighted by molar-refractivity contribution is 8.16. The molecule has 0 spiro atoms. The van der Waals surface area contributed by atoms with E-state index in [-0.39, 0.29) is 12.3 Å². The summed E-state index contributed by atoms with van der Waals surface area (Å²) in [6.07, 6.45) is 2.91. The fourth-order valence-electron chi connectivity index (χ4n) is 3.71. The first-order valence-corrected chi connectivity index (χ1v) is 10.9. The van der Waals surface area contributed by atoms with Crippen molar-refractivity contribution < 1.29 is 19.1 Å². The monoisotopic (exact) mass is 427 g/mol. The highest BCUT2D eigenvalue weighted by atomic mass is 32.2. The molecule has 30 heavy (non-hydrogen) atoms. The average molecular weight is 428 g/mol. The van der Waals surface area contributed by atoms with Crippen molar-refractivity contribution in [2.24, 2.45) is 4.99 Å². The summed E-state index contributed by atoms with van der Waals surface area (Å²) < 4.78 is 10.5. The van der Waals surface area contributed by atoms with Crippen LogP contribution in [0.3, 0.4) is 0 Å². The molecule has 1 N–H and O–H groups in total. The Balaban J connectivity index is 1.75. The van der Waals surface area contributed by atoms with E-state index < -0.39 is 12.0 Å². The van der Waals surface area contributed by atoms with Gasteiger partial charge < -0.3 is 19.7 Å². The number of thioether (sulfide) groups is 1. The number of esters is 1. The number of amidine groups is 1. The molecule has 1 aliphatic carbocycles. The SMILES string of the molecule is CCC1=C(C(=O)OC)[C@H](c2cccc(OC)c2)N2C(CC(=O)NC3CC3)=CSC2=N1. The van der Waals surface area contributed by atoms with E-state index in [0.29, 0.717) is 29.5 Å². The molecular formula is C22H25N3O4S. The second-order valence-corrected chi connectivity index (χ2v) is 8.23. The fraction of sp³-hybridized carbons (Fsp3) is 0.409. The molecule has 0 unspecified atom stereocenters. The van der Waals surface area contributed by atoms with E-state index in [1.165, 1.54) is 18.9 Å². The topological polar surface area (TPSA) is 80.2 Å². The molecule has 4 rings (SSSR count). The quantitative estimate of drug-likeness (QED) is 0.671. The van der Waals surface area contributed by atoms with Crippen molar-refractivity contribution in [3.63, 3.8) is 0 Å². The summed E-state index contributed by atoms with van der Waals surface area (Å²) in [6, 6.07) is 7.48. The molecule has 3 aliphatic rings. The fourth-order valence-corrected chi connectivity index (χ4v) is 4.65. The van der Waals surface area contributed by atoms with Gasteiger partial charge in [0, 0.05) is 11.7 Å². The van der Waals surface area contributed by atoms with Gasteiger partial charge in [-0.1, -0.05) is 30.8 Å². The van der Waals surface area contributed by atoms with Gasteiger partial charge in [-0.05, 0) is 42.4 Å². The Labute approximate surface area is 180 Å². The zero-order valence-corrected chi connectivity index (χ0v) is 18.1. The van der Waals surface area contributed by atoms with E-state index in [2.05, 4.69) is 5.32 Å². The minimum atomic E-state index is -0.440. The largest absolute Gasteiger partial charge is 0.497 e. The molecule has 0 aromatic heterocycles. The number of rotatable bonds is 7. The molecule has 1 saturated carbocycles. The molecule has 1 fully saturated rings. The minimum Gasteiger partial charge on any atom is -0.497 e. The van der Waals surface area contributed by atoms with Crippen LogP contribution in [0, 0.1) is 0 Å². The van der Waals surface area contributed by atoms with E-state index in [1.807, 2.05) is 41.5 Å². The molecule has 0 bridgehead atoms. The maximum atomic E-state index is 12.8. The molecular weight excluding hydrogens is 402 g/mol. The lowest BCUT2D eigenvalue weighted by atomic mass is 9.92. The lowest BCUT2D eigenvalue weighted by Crippen LogP contribution is -2.38. The van der Waals surface area contributed by atoms with Crippen molar-refractivity contribution in [1.82, 2.24) is 10.2 Å². The predicted octanol–water partition coefficient (Wildman–Crippen LogP) is 3.50. The number of fused-ring (bicyclic) bond motifs is 1. The summed E-state index contributed by atoms with van der Waals surface area (Å²) in [5, 5.41) is 5.75. The van der Waals surface area contributed by atoms with Crippen LogP contribution in [0.1, 0.15) is 44.2 Å². The number of methoxy groups -OCH3 is 2. The van der Waals surface area contributed by atoms with E-state index in [0.717, 1.165) is 29.3 Å². The molecule has 1 amide bonds. The third kappa shape index (κ3) is 3.96. The summed E-state index contributed by atoms with van der Waals surface area (Å²) in [4.78, 5) is 32.1. The van der Waals surface area contributed by atoms with Crippen molar-refractivity contribution in [2.75, 3.05) is 14.2 Å². The van der Waals surface area contributed by atoms with Crippen molar-refractivity contribution in [3.8, 4) is 5.75 Å². The number of hydrogen-bond donors (Lipinski definition) is 1. The van der Waals surface area contributed by atoms with Gasteiger partial charge in [0.25, 0.3) is 0 Å². The van der Waals surface area contributed by atoms with Crippen molar-refractivity contribution >= 4 is 28.8 Å². The Kier molecular flexibility index (Phi) is 5.85. The number of aliphatic imine (C=N–C) groups is 1. The highest BCUT2D eigenvalue weighted by Crippen LogP contribution is 2.45. The van der Waals surface area contributed by atoms with Gasteiger partial charge >= 0.3 is 5.97 Å². The molecule has 1 aromatic rings. The van der Waals surface area contributed by atoms with Crippen LogP contribution in [-0.4, -0.2) is 42.2 Å². The number of ether oxygens (including phenoxy) is 2. The van der Waals surface area contributed by atoms with Gasteiger partial charge in [0.1, 0.15) is 5.75 Å². The molecule has 158 valence electrons. The van der Waals surface area contributed by atoms with Gasteiger partial charge in [-0.2, -0.15) is 0 Å². The third-order valence-corrected chi connectivity index (χ3v) is 6.21. The first-order valence-electron chi connectivity index (χ1n) is 10.0. The van der Waals surface area contributed by atoms with Crippen LogP contribution in [0.4, 0.5) is 0 Å². The van der Waals surface area contributed by atoms with Crippen LogP contribution in [0.15, 0.2) is 51.6 Å². The lowest BCUT2D eigenvalue weighted by molar-refractivity contribution is -0.136. The predicted molar refractivity (Wildman–Crippen MR) is 116 cm³/mol. The molecule has 1 atom stereocenters. The minimum absolute atomic E-state index is 0.0140. The third-order valence-electron chi connectivity index (χ3n) is 5.32. The number of hydrogen-bond acceptors (Lipinski definition) is 7. The molecule has 1 aromatic carbocycles. The Morgan fingerprint density at radius 2 is 2.10 bits per heavy atom. The summed E-state index contributed by atoms with van der Waals surface area (Å²) in [6.45, 7) is 1.97. The Morgan fingerprint density at radius 3 is 2.77 bits per heavy atom. The normalized spacial score (nSPS) is 20.4. The smallest absolute Gasteiger partial charge is 0.338 e. The zero-order chi connectivity index (χ0) is 21.3. The average Bonchev–Trinajstić information content (AvgIpc) is 3.50. The van der Waals surface area contributed by atoms with Gasteiger partial charge in [-0.15, -0.1) is 0 Å². The Bertz CT molecular complexity index is 965. The molecule has 8 heteroatoms. The van der Waals surface area contributed by atoms with Gasteiger partial charge in [0.15, 0.2) is 5.17 Å². The number of nitrogens with one attached hydrogen (secondary N) is 1.